The topological polar surface area (TPSA) is 83.6 Å². The maximum absolute atomic E-state index is 14.1. The van der Waals surface area contributed by atoms with E-state index < -0.39 is 61.5 Å². The fourth-order valence-corrected chi connectivity index (χ4v) is 14.1. The summed E-state index contributed by atoms with van der Waals surface area (Å²) in [6, 6.07) is 44.9. The van der Waals surface area contributed by atoms with E-state index in [0.29, 0.717) is 46.6 Å². The molecule has 0 radical (unpaired) electrons. The summed E-state index contributed by atoms with van der Waals surface area (Å²) in [7, 11) is -8.77. The maximum Gasteiger partial charge on any atom is 0.447 e. The van der Waals surface area contributed by atoms with Crippen LogP contribution in [0.1, 0.15) is 112 Å². The van der Waals surface area contributed by atoms with E-state index in [1.165, 1.54) is 11.1 Å². The van der Waals surface area contributed by atoms with Gasteiger partial charge in [0.2, 0.25) is 8.32 Å². The van der Waals surface area contributed by atoms with Crippen LogP contribution in [0, 0.1) is 0 Å². The lowest BCUT2D eigenvalue weighted by molar-refractivity contribution is -0.247. The average Bonchev–Trinajstić information content (AvgIpc) is 1.56. The van der Waals surface area contributed by atoms with Crippen LogP contribution in [0.3, 0.4) is 0 Å². The van der Waals surface area contributed by atoms with Gasteiger partial charge in [-0.2, -0.15) is 38.1 Å². The highest BCUT2D eigenvalue weighted by Crippen LogP contribution is 2.55. The van der Waals surface area contributed by atoms with Crippen molar-refractivity contribution in [2.24, 2.45) is 0 Å². The Morgan fingerprint density at radius 1 is 0.562 bits per heavy atom. The van der Waals surface area contributed by atoms with Gasteiger partial charge < -0.3 is 23.1 Å². The first-order chi connectivity index (χ1) is 41.5. The van der Waals surface area contributed by atoms with E-state index in [9.17, 15) is 34.8 Å². The van der Waals surface area contributed by atoms with Gasteiger partial charge in [0.05, 0.1) is 18.1 Å². The number of alkyl halides is 6. The van der Waals surface area contributed by atoms with E-state index in [-0.39, 0.29) is 47.8 Å². The quantitative estimate of drug-likeness (QED) is 0.0158. The minimum absolute atomic E-state index is 0.00622. The van der Waals surface area contributed by atoms with Crippen LogP contribution in [0.15, 0.2) is 157 Å². The van der Waals surface area contributed by atoms with Crippen molar-refractivity contribution in [1.29, 1.82) is 0 Å². The van der Waals surface area contributed by atoms with Crippen LogP contribution in [0.25, 0.3) is 0 Å². The molecule has 89 heavy (non-hydrogen) atoms. The van der Waals surface area contributed by atoms with Crippen molar-refractivity contribution in [3.63, 3.8) is 0 Å². The molecule has 1 fully saturated rings. The first-order valence-corrected chi connectivity index (χ1v) is 39.9. The van der Waals surface area contributed by atoms with Gasteiger partial charge >= 0.3 is 12.4 Å². The molecule has 1 aliphatic rings. The number of thioether (sulfide) groups is 1. The van der Waals surface area contributed by atoms with Gasteiger partial charge in [-0.3, -0.25) is 0 Å². The van der Waals surface area contributed by atoms with Crippen molar-refractivity contribution in [3.05, 3.63) is 211 Å². The Morgan fingerprint density at radius 2 is 0.966 bits per heavy atom. The van der Waals surface area contributed by atoms with E-state index in [1.54, 1.807) is 61.6 Å². The monoisotopic (exact) mass is 1380 g/mol. The number of hydrogen-bond acceptors (Lipinski definition) is 8. The molecule has 0 N–H and O–H groups in total. The molecule has 1 heterocycles. The second-order valence-electron chi connectivity index (χ2n) is 25.3. The van der Waals surface area contributed by atoms with E-state index in [0.717, 1.165) is 57.2 Å². The summed E-state index contributed by atoms with van der Waals surface area (Å²) in [6.45, 7) is 19.1. The van der Waals surface area contributed by atoms with Gasteiger partial charge in [-0.05, 0) is 186 Å². The molecule has 21 heteroatoms. The molecule has 0 spiro atoms. The van der Waals surface area contributed by atoms with Gasteiger partial charge in [-0.1, -0.05) is 161 Å². The Hall–Kier alpha value is -4.15. The zero-order valence-electron chi connectivity index (χ0n) is 52.1. The zero-order chi connectivity index (χ0) is 65.6. The fourth-order valence-electron chi connectivity index (χ4n) is 9.23. The largest absolute Gasteiger partial charge is 0.540 e. The second-order valence-corrected chi connectivity index (χ2v) is 40.0. The van der Waals surface area contributed by atoms with Gasteiger partial charge in [0.25, 0.3) is 5.79 Å². The van der Waals surface area contributed by atoms with Crippen molar-refractivity contribution >= 4 is 84.6 Å². The Balaban J connectivity index is 0.000000284. The second kappa shape index (κ2) is 31.7. The summed E-state index contributed by atoms with van der Waals surface area (Å²) in [5.41, 5.74) is 5.94. The third-order valence-electron chi connectivity index (χ3n) is 16.5. The summed E-state index contributed by atoms with van der Waals surface area (Å²) in [5.74, 6) is -0.406. The lowest BCUT2D eigenvalue weighted by Crippen LogP contribution is -2.51. The number of hydrogen-bond donors (Lipinski definition) is 0. The molecule has 0 saturated carbocycles. The van der Waals surface area contributed by atoms with Crippen molar-refractivity contribution in [2.45, 2.75) is 152 Å². The predicted molar refractivity (Wildman–Crippen MR) is 360 cm³/mol. The molecule has 1 aliphatic heterocycles. The summed E-state index contributed by atoms with van der Waals surface area (Å²) in [4.78, 5) is 0. The van der Waals surface area contributed by atoms with E-state index in [2.05, 4.69) is 24.3 Å². The highest BCUT2D eigenvalue weighted by molar-refractivity contribution is 7.99. The minimum Gasteiger partial charge on any atom is -0.540 e. The molecule has 1 saturated heterocycles. The molecule has 6 aromatic rings. The molecular weight excluding hydrogens is 1300 g/mol. The first kappa shape index (κ1) is 73.9. The number of sulfone groups is 1. The van der Waals surface area contributed by atoms with Crippen LogP contribution >= 0.6 is 58.2 Å². The Kier molecular flexibility index (Phi) is 26.3. The highest BCUT2D eigenvalue weighted by Gasteiger charge is 2.76. The van der Waals surface area contributed by atoms with Gasteiger partial charge in [0, 0.05) is 44.1 Å². The Morgan fingerprint density at radius 3 is 1.37 bits per heavy atom. The molecule has 0 aromatic heterocycles. The molecular formula is C68H82Cl4F6O7S2Si2. The molecule has 0 aliphatic carbocycles. The summed E-state index contributed by atoms with van der Waals surface area (Å²) < 4.78 is 137. The molecule has 7 rings (SSSR count). The number of halogens is 10. The van der Waals surface area contributed by atoms with Crippen LogP contribution in [-0.4, -0.2) is 85.5 Å². The number of allylic oxidation sites excluding steroid dienone is 2. The van der Waals surface area contributed by atoms with Crippen molar-refractivity contribution in [2.75, 3.05) is 36.2 Å². The van der Waals surface area contributed by atoms with Crippen molar-refractivity contribution in [3.8, 4) is 11.5 Å². The van der Waals surface area contributed by atoms with Gasteiger partial charge in [0.1, 0.15) is 24.2 Å². The standard InChI is InChI=1S/C34H41Cl2F3O5SSi.C34H41Cl2F3O2SSi/c1-32(2,3)46(4,5)44-33(34(37,38)39)31(43-33)23-24-8-18-29(19-9-24)42-20-22-45(40,41)21-6-7-30(25-10-14-27(35)15-11-25)26-12-16-28(36)17-13-26;1-33(2,3)43(4,5)41-32(34(37,38)39)21-10-25-8-19-30(20-9-25)40-22-24-42-23-6-7-31(26-11-15-28(35)16-12-26)27-13-17-29(36)18-14-27/h8-19,30-31H,6-7,20-23H2,1-5H3;8-9,11-21,31H,6-7,10,22-24H2,1-5H3/b;32-21-. The SMILES string of the molecule is CC(C)(C)[Si](C)(C)O/C(=C\Cc1ccc(OCCSCCCC(c2ccc(Cl)cc2)c2ccc(Cl)cc2)cc1)C(F)(F)F.CC(C)(C)[Si](C)(C)OC1(C(F)(F)F)OC1Cc1ccc(OCCS(=O)(=O)CCCC(c2ccc(Cl)cc2)c2ccc(Cl)cc2)cc1. The molecule has 2 unspecified atom stereocenters. The normalized spacial score (nSPS) is 16.1. The Bertz CT molecular complexity index is 3220. The van der Waals surface area contributed by atoms with Crippen LogP contribution in [0.5, 0.6) is 11.5 Å². The fraction of sp³-hybridized carbons (Fsp3) is 0.441. The predicted octanol–water partition coefficient (Wildman–Crippen LogP) is 21.3. The maximum atomic E-state index is 14.1. The molecule has 0 amide bonds. The molecule has 486 valence electrons. The highest BCUT2D eigenvalue weighted by atomic mass is 35.5. The molecule has 2 atom stereocenters. The van der Waals surface area contributed by atoms with E-state index in [1.807, 2.05) is 139 Å². The lowest BCUT2D eigenvalue weighted by Gasteiger charge is -2.38. The number of epoxide rings is 1. The van der Waals surface area contributed by atoms with Crippen molar-refractivity contribution in [1.82, 2.24) is 0 Å². The first-order valence-electron chi connectivity index (χ1n) is 29.6. The van der Waals surface area contributed by atoms with Crippen LogP contribution in [-0.2, 0) is 36.3 Å². The Labute approximate surface area is 549 Å². The van der Waals surface area contributed by atoms with Gasteiger partial charge in [-0.15, -0.1) is 0 Å². The lowest BCUT2D eigenvalue weighted by atomic mass is 9.88. The van der Waals surface area contributed by atoms with Gasteiger partial charge in [0.15, 0.2) is 23.9 Å². The molecule has 7 nitrogen and oxygen atoms in total. The molecule has 0 bridgehead atoms. The zero-order valence-corrected chi connectivity index (χ0v) is 58.8. The average molecular weight is 1390 g/mol. The minimum atomic E-state index is -4.66. The van der Waals surface area contributed by atoms with E-state index >= 15 is 0 Å². The van der Waals surface area contributed by atoms with Crippen LogP contribution in [0.4, 0.5) is 26.3 Å². The van der Waals surface area contributed by atoms with Gasteiger partial charge in [-0.25, -0.2) is 8.42 Å². The summed E-state index contributed by atoms with van der Waals surface area (Å²) >= 11 is 26.2. The van der Waals surface area contributed by atoms with E-state index in [4.69, 9.17) is 69.5 Å². The smallest absolute Gasteiger partial charge is 0.447 e. The van der Waals surface area contributed by atoms with Crippen LogP contribution in [0.2, 0.25) is 56.4 Å². The third-order valence-corrected chi connectivity index (χ3v) is 29.0. The van der Waals surface area contributed by atoms with Crippen LogP contribution < -0.4 is 9.47 Å². The van der Waals surface area contributed by atoms with Crippen molar-refractivity contribution < 1.29 is 57.8 Å². The summed E-state index contributed by atoms with van der Waals surface area (Å²) in [6.07, 6.45) is -5.90. The molecule has 6 aromatic carbocycles. The number of rotatable bonds is 28. The third kappa shape index (κ3) is 22.5. The number of benzene rings is 6. The summed E-state index contributed by atoms with van der Waals surface area (Å²) in [5, 5.41) is 1.97. The number of ether oxygens (including phenoxy) is 3.